The highest BCUT2D eigenvalue weighted by Gasteiger charge is 2.11. The molecule has 0 bridgehead atoms. The van der Waals surface area contributed by atoms with Crippen molar-refractivity contribution in [3.63, 3.8) is 0 Å². The normalized spacial score (nSPS) is 12.9. The molecule has 1 aliphatic rings. The van der Waals surface area contributed by atoms with Crippen molar-refractivity contribution in [1.29, 1.82) is 0 Å². The zero-order valence-electron chi connectivity index (χ0n) is 10.9. The maximum Gasteiger partial charge on any atom is 0.123 e. The first-order valence-corrected chi connectivity index (χ1v) is 6.47. The quantitative estimate of drug-likeness (QED) is 0.905. The summed E-state index contributed by atoms with van der Waals surface area (Å²) in [6, 6.07) is 11.0. The fourth-order valence-electron chi connectivity index (χ4n) is 2.32. The molecule has 0 unspecified atom stereocenters. The van der Waals surface area contributed by atoms with E-state index in [4.69, 9.17) is 4.74 Å². The van der Waals surface area contributed by atoms with Gasteiger partial charge in [-0.05, 0) is 53.9 Å². The van der Waals surface area contributed by atoms with Gasteiger partial charge in [-0.2, -0.15) is 0 Å². The summed E-state index contributed by atoms with van der Waals surface area (Å²) in [6.45, 7) is 3.39. The van der Waals surface area contributed by atoms with Gasteiger partial charge >= 0.3 is 0 Å². The lowest BCUT2D eigenvalue weighted by molar-refractivity contribution is 0.357. The summed E-state index contributed by atoms with van der Waals surface area (Å²) in [5.41, 5.74) is 4.36. The average Bonchev–Trinajstić information content (AvgIpc) is 2.87. The fraction of sp³-hybridized carbons (Fsp3) is 0.250. The van der Waals surface area contributed by atoms with Crippen molar-refractivity contribution in [3.8, 4) is 5.75 Å². The number of nitrogens with one attached hydrogen (secondary N) is 1. The first-order valence-electron chi connectivity index (χ1n) is 6.47. The predicted octanol–water partition coefficient (Wildman–Crippen LogP) is 3.68. The number of aryl methyl sites for hydroxylation is 1. The SMILES string of the molecule is Cc1ccc(F)cc1CNc1ccc2c(c1)CCO2. The van der Waals surface area contributed by atoms with Crippen LogP contribution in [-0.2, 0) is 13.0 Å². The number of fused-ring (bicyclic) bond motifs is 1. The summed E-state index contributed by atoms with van der Waals surface area (Å²) in [6.07, 6.45) is 0.962. The van der Waals surface area contributed by atoms with Crippen molar-refractivity contribution < 1.29 is 9.13 Å². The second kappa shape index (κ2) is 4.92. The number of benzene rings is 2. The topological polar surface area (TPSA) is 21.3 Å². The number of hydrogen-bond acceptors (Lipinski definition) is 2. The lowest BCUT2D eigenvalue weighted by Gasteiger charge is -2.10. The van der Waals surface area contributed by atoms with Gasteiger partial charge in [0, 0.05) is 18.7 Å². The number of anilines is 1. The Bertz CT molecular complexity index is 610. The van der Waals surface area contributed by atoms with Crippen LogP contribution >= 0.6 is 0 Å². The van der Waals surface area contributed by atoms with Crippen LogP contribution < -0.4 is 10.1 Å². The molecule has 0 fully saturated rings. The van der Waals surface area contributed by atoms with E-state index < -0.39 is 0 Å². The molecule has 0 aromatic heterocycles. The molecule has 2 nitrogen and oxygen atoms in total. The Kier molecular flexibility index (Phi) is 3.11. The Balaban J connectivity index is 1.74. The van der Waals surface area contributed by atoms with Gasteiger partial charge in [0.25, 0.3) is 0 Å². The average molecular weight is 257 g/mol. The van der Waals surface area contributed by atoms with Crippen molar-refractivity contribution >= 4 is 5.69 Å². The minimum Gasteiger partial charge on any atom is -0.493 e. The van der Waals surface area contributed by atoms with Crippen LogP contribution in [0.1, 0.15) is 16.7 Å². The zero-order valence-corrected chi connectivity index (χ0v) is 10.9. The highest BCUT2D eigenvalue weighted by atomic mass is 19.1. The molecular formula is C16H16FNO. The van der Waals surface area contributed by atoms with Crippen LogP contribution in [0.15, 0.2) is 36.4 Å². The van der Waals surface area contributed by atoms with E-state index in [0.29, 0.717) is 6.54 Å². The molecule has 0 amide bonds. The van der Waals surface area contributed by atoms with Crippen LogP contribution in [0.25, 0.3) is 0 Å². The third-order valence-corrected chi connectivity index (χ3v) is 3.48. The van der Waals surface area contributed by atoms with Gasteiger partial charge in [0.2, 0.25) is 0 Å². The number of hydrogen-bond donors (Lipinski definition) is 1. The molecule has 0 aliphatic carbocycles. The molecule has 2 aromatic rings. The second-order valence-corrected chi connectivity index (χ2v) is 4.85. The Hall–Kier alpha value is -2.03. The van der Waals surface area contributed by atoms with Crippen molar-refractivity contribution in [2.75, 3.05) is 11.9 Å². The molecule has 3 heteroatoms. The summed E-state index contributed by atoms with van der Waals surface area (Å²) in [5.74, 6) is 0.789. The van der Waals surface area contributed by atoms with Crippen molar-refractivity contribution in [2.24, 2.45) is 0 Å². The summed E-state index contributed by atoms with van der Waals surface area (Å²) in [4.78, 5) is 0. The molecule has 1 heterocycles. The first kappa shape index (κ1) is 12.0. The van der Waals surface area contributed by atoms with Crippen LogP contribution in [0, 0.1) is 12.7 Å². The summed E-state index contributed by atoms with van der Waals surface area (Å²) in [5, 5.41) is 3.34. The lowest BCUT2D eigenvalue weighted by Crippen LogP contribution is -2.02. The maximum absolute atomic E-state index is 13.2. The molecule has 0 radical (unpaired) electrons. The van der Waals surface area contributed by atoms with E-state index in [1.807, 2.05) is 25.1 Å². The van der Waals surface area contributed by atoms with Gasteiger partial charge in [-0.25, -0.2) is 4.39 Å². The minimum absolute atomic E-state index is 0.190. The van der Waals surface area contributed by atoms with Crippen molar-refractivity contribution in [1.82, 2.24) is 0 Å². The molecule has 3 rings (SSSR count). The fourth-order valence-corrected chi connectivity index (χ4v) is 2.32. The van der Waals surface area contributed by atoms with Crippen LogP contribution in [-0.4, -0.2) is 6.61 Å². The highest BCUT2D eigenvalue weighted by Crippen LogP contribution is 2.28. The van der Waals surface area contributed by atoms with Gasteiger partial charge in [-0.1, -0.05) is 6.07 Å². The van der Waals surface area contributed by atoms with Gasteiger partial charge in [0.05, 0.1) is 6.61 Å². The smallest absolute Gasteiger partial charge is 0.123 e. The van der Waals surface area contributed by atoms with Gasteiger partial charge in [0.1, 0.15) is 11.6 Å². The third kappa shape index (κ3) is 2.55. The van der Waals surface area contributed by atoms with Crippen LogP contribution in [0.4, 0.5) is 10.1 Å². The molecule has 0 spiro atoms. The van der Waals surface area contributed by atoms with E-state index in [2.05, 4.69) is 11.4 Å². The molecule has 1 N–H and O–H groups in total. The van der Waals surface area contributed by atoms with Gasteiger partial charge < -0.3 is 10.1 Å². The minimum atomic E-state index is -0.190. The molecule has 98 valence electrons. The van der Waals surface area contributed by atoms with Crippen molar-refractivity contribution in [2.45, 2.75) is 19.9 Å². The van der Waals surface area contributed by atoms with E-state index in [1.54, 1.807) is 6.07 Å². The van der Waals surface area contributed by atoms with E-state index >= 15 is 0 Å². The largest absolute Gasteiger partial charge is 0.493 e. The summed E-state index contributed by atoms with van der Waals surface area (Å²) < 4.78 is 18.7. The van der Waals surface area contributed by atoms with Crippen molar-refractivity contribution in [3.05, 3.63) is 58.9 Å². The van der Waals surface area contributed by atoms with Crippen LogP contribution in [0.5, 0.6) is 5.75 Å². The Morgan fingerprint density at radius 1 is 1.21 bits per heavy atom. The Morgan fingerprint density at radius 2 is 2.11 bits per heavy atom. The number of ether oxygens (including phenoxy) is 1. The van der Waals surface area contributed by atoms with Gasteiger partial charge in [-0.15, -0.1) is 0 Å². The highest BCUT2D eigenvalue weighted by molar-refractivity contribution is 5.52. The maximum atomic E-state index is 13.2. The standard InChI is InChI=1S/C16H16FNO/c1-11-2-3-14(17)8-13(11)10-18-15-4-5-16-12(9-15)6-7-19-16/h2-5,8-9,18H,6-7,10H2,1H3. The molecule has 0 saturated carbocycles. The molecule has 1 aliphatic heterocycles. The molecule has 2 aromatic carbocycles. The van der Waals surface area contributed by atoms with Crippen LogP contribution in [0.2, 0.25) is 0 Å². The molecular weight excluding hydrogens is 241 g/mol. The lowest BCUT2D eigenvalue weighted by atomic mass is 10.1. The third-order valence-electron chi connectivity index (χ3n) is 3.48. The van der Waals surface area contributed by atoms with E-state index in [-0.39, 0.29) is 5.82 Å². The first-order chi connectivity index (χ1) is 9.22. The molecule has 0 atom stereocenters. The Morgan fingerprint density at radius 3 is 3.00 bits per heavy atom. The molecule has 0 saturated heterocycles. The zero-order chi connectivity index (χ0) is 13.2. The number of rotatable bonds is 3. The summed E-state index contributed by atoms with van der Waals surface area (Å²) >= 11 is 0. The van der Waals surface area contributed by atoms with Gasteiger partial charge in [-0.3, -0.25) is 0 Å². The molecule has 19 heavy (non-hydrogen) atoms. The predicted molar refractivity (Wildman–Crippen MR) is 74.1 cm³/mol. The summed E-state index contributed by atoms with van der Waals surface area (Å²) in [7, 11) is 0. The van der Waals surface area contributed by atoms with E-state index in [9.17, 15) is 4.39 Å². The van der Waals surface area contributed by atoms with E-state index in [0.717, 1.165) is 35.6 Å². The van der Waals surface area contributed by atoms with Gasteiger partial charge in [0.15, 0.2) is 0 Å². The number of halogens is 1. The van der Waals surface area contributed by atoms with E-state index in [1.165, 1.54) is 11.6 Å². The second-order valence-electron chi connectivity index (χ2n) is 4.85. The monoisotopic (exact) mass is 257 g/mol. The Labute approximate surface area is 112 Å². The van der Waals surface area contributed by atoms with Crippen LogP contribution in [0.3, 0.4) is 0 Å².